The Morgan fingerprint density at radius 1 is 1.39 bits per heavy atom. The number of carbonyl (C=O) groups is 1. The van der Waals surface area contributed by atoms with Crippen molar-refractivity contribution < 1.29 is 4.79 Å². The summed E-state index contributed by atoms with van der Waals surface area (Å²) in [5.41, 5.74) is 1.19. The van der Waals surface area contributed by atoms with E-state index in [0.29, 0.717) is 17.0 Å². The van der Waals surface area contributed by atoms with Crippen molar-refractivity contribution >= 4 is 23.4 Å². The lowest BCUT2D eigenvalue weighted by Gasteiger charge is -2.22. The molecule has 0 saturated carbocycles. The van der Waals surface area contributed by atoms with E-state index in [2.05, 4.69) is 26.8 Å². The van der Waals surface area contributed by atoms with Crippen LogP contribution in [0.3, 0.4) is 0 Å². The lowest BCUT2D eigenvalue weighted by atomic mass is 10.2. The standard InChI is InChI=1S/C14H18N2OS/c1-14(2,3)18-10-13(17)16(4)12-8-6-5-7-11(12)9-15/h5-8H,10H2,1-4H3. The minimum atomic E-state index is 0.0117. The van der Waals surface area contributed by atoms with Gasteiger partial charge < -0.3 is 4.90 Å². The zero-order valence-electron chi connectivity index (χ0n) is 11.2. The number of hydrogen-bond donors (Lipinski definition) is 0. The number of benzene rings is 1. The number of amides is 1. The molecule has 3 nitrogen and oxygen atoms in total. The van der Waals surface area contributed by atoms with Gasteiger partial charge in [-0.25, -0.2) is 0 Å². The second kappa shape index (κ2) is 5.92. The van der Waals surface area contributed by atoms with Gasteiger partial charge in [0.1, 0.15) is 6.07 Å². The molecule has 0 saturated heterocycles. The number of thioether (sulfide) groups is 1. The molecule has 18 heavy (non-hydrogen) atoms. The van der Waals surface area contributed by atoms with Gasteiger partial charge in [0, 0.05) is 11.8 Å². The molecule has 4 heteroatoms. The summed E-state index contributed by atoms with van der Waals surface area (Å²) in [6.07, 6.45) is 0. The van der Waals surface area contributed by atoms with Crippen molar-refractivity contribution in [3.63, 3.8) is 0 Å². The topological polar surface area (TPSA) is 44.1 Å². The Morgan fingerprint density at radius 2 is 2.00 bits per heavy atom. The second-order valence-electron chi connectivity index (χ2n) is 4.98. The minimum absolute atomic E-state index is 0.0117. The van der Waals surface area contributed by atoms with E-state index in [-0.39, 0.29) is 10.7 Å². The number of carbonyl (C=O) groups excluding carboxylic acids is 1. The molecule has 0 N–H and O–H groups in total. The van der Waals surface area contributed by atoms with Crippen molar-refractivity contribution in [2.24, 2.45) is 0 Å². The minimum Gasteiger partial charge on any atom is -0.313 e. The van der Waals surface area contributed by atoms with Gasteiger partial charge in [-0.2, -0.15) is 5.26 Å². The predicted molar refractivity (Wildman–Crippen MR) is 76.8 cm³/mol. The van der Waals surface area contributed by atoms with Gasteiger partial charge in [-0.15, -0.1) is 11.8 Å². The van der Waals surface area contributed by atoms with Gasteiger partial charge in [0.25, 0.3) is 0 Å². The van der Waals surface area contributed by atoms with E-state index in [0.717, 1.165) is 0 Å². The first-order valence-electron chi connectivity index (χ1n) is 5.75. The SMILES string of the molecule is CN(C(=O)CSC(C)(C)C)c1ccccc1C#N. The van der Waals surface area contributed by atoms with Crippen LogP contribution in [0.4, 0.5) is 5.69 Å². The van der Waals surface area contributed by atoms with E-state index in [9.17, 15) is 4.79 Å². The van der Waals surface area contributed by atoms with Gasteiger partial charge in [0.2, 0.25) is 5.91 Å². The normalized spacial score (nSPS) is 10.8. The molecule has 0 bridgehead atoms. The summed E-state index contributed by atoms with van der Waals surface area (Å²) in [4.78, 5) is 13.6. The first-order chi connectivity index (χ1) is 8.35. The average Bonchev–Trinajstić information content (AvgIpc) is 2.34. The van der Waals surface area contributed by atoms with E-state index in [1.165, 1.54) is 0 Å². The number of nitriles is 1. The molecule has 1 rings (SSSR count). The lowest BCUT2D eigenvalue weighted by Crippen LogP contribution is -2.30. The fourth-order valence-corrected chi connectivity index (χ4v) is 2.12. The van der Waals surface area contributed by atoms with Gasteiger partial charge in [0.15, 0.2) is 0 Å². The Bertz CT molecular complexity index is 471. The first-order valence-corrected chi connectivity index (χ1v) is 6.73. The maximum atomic E-state index is 12.1. The maximum Gasteiger partial charge on any atom is 0.236 e. The fourth-order valence-electron chi connectivity index (χ4n) is 1.37. The summed E-state index contributed by atoms with van der Waals surface area (Å²) >= 11 is 1.60. The van der Waals surface area contributed by atoms with Crippen LogP contribution >= 0.6 is 11.8 Å². The number of anilines is 1. The van der Waals surface area contributed by atoms with Crippen molar-refractivity contribution in [3.05, 3.63) is 29.8 Å². The second-order valence-corrected chi connectivity index (χ2v) is 6.78. The van der Waals surface area contributed by atoms with Gasteiger partial charge >= 0.3 is 0 Å². The summed E-state index contributed by atoms with van der Waals surface area (Å²) in [5.74, 6) is 0.428. The highest BCUT2D eigenvalue weighted by Gasteiger charge is 2.18. The molecule has 0 fully saturated rings. The highest BCUT2D eigenvalue weighted by atomic mass is 32.2. The maximum absolute atomic E-state index is 12.1. The summed E-state index contributed by atoms with van der Waals surface area (Å²) < 4.78 is 0.0608. The summed E-state index contributed by atoms with van der Waals surface area (Å²) in [7, 11) is 1.71. The van der Waals surface area contributed by atoms with Crippen LogP contribution in [0.2, 0.25) is 0 Å². The third-order valence-electron chi connectivity index (χ3n) is 2.39. The first kappa shape index (κ1) is 14.6. The summed E-state index contributed by atoms with van der Waals surface area (Å²) in [6.45, 7) is 6.23. The van der Waals surface area contributed by atoms with Crippen molar-refractivity contribution in [1.29, 1.82) is 5.26 Å². The van der Waals surface area contributed by atoms with Crippen LogP contribution in [-0.4, -0.2) is 23.5 Å². The van der Waals surface area contributed by atoms with E-state index in [1.54, 1.807) is 41.9 Å². The molecule has 1 aromatic rings. The molecule has 0 unspecified atom stereocenters. The highest BCUT2D eigenvalue weighted by Crippen LogP contribution is 2.25. The third kappa shape index (κ3) is 4.08. The van der Waals surface area contributed by atoms with Gasteiger partial charge in [0.05, 0.1) is 17.0 Å². The molecule has 0 spiro atoms. The van der Waals surface area contributed by atoms with E-state index >= 15 is 0 Å². The molecule has 0 atom stereocenters. The van der Waals surface area contributed by atoms with Gasteiger partial charge in [-0.1, -0.05) is 32.9 Å². The van der Waals surface area contributed by atoms with Crippen LogP contribution in [0.15, 0.2) is 24.3 Å². The quantitative estimate of drug-likeness (QED) is 0.841. The van der Waals surface area contributed by atoms with Gasteiger partial charge in [-0.3, -0.25) is 4.79 Å². The van der Waals surface area contributed by atoms with E-state index in [4.69, 9.17) is 5.26 Å². The van der Waals surface area contributed by atoms with Crippen LogP contribution in [-0.2, 0) is 4.79 Å². The van der Waals surface area contributed by atoms with Gasteiger partial charge in [-0.05, 0) is 12.1 Å². The Hall–Kier alpha value is -1.47. The monoisotopic (exact) mass is 262 g/mol. The molecule has 0 aromatic heterocycles. The van der Waals surface area contributed by atoms with Crippen molar-refractivity contribution in [2.45, 2.75) is 25.5 Å². The summed E-state index contributed by atoms with van der Waals surface area (Å²) in [5, 5.41) is 9.02. The van der Waals surface area contributed by atoms with Crippen LogP contribution < -0.4 is 4.90 Å². The lowest BCUT2D eigenvalue weighted by molar-refractivity contribution is -0.115. The van der Waals surface area contributed by atoms with Crippen LogP contribution in [0.1, 0.15) is 26.3 Å². The smallest absolute Gasteiger partial charge is 0.236 e. The van der Waals surface area contributed by atoms with E-state index in [1.807, 2.05) is 6.07 Å². The predicted octanol–water partition coefficient (Wildman–Crippen LogP) is 3.05. The Balaban J connectivity index is 2.78. The largest absolute Gasteiger partial charge is 0.313 e. The number of nitrogens with zero attached hydrogens (tertiary/aromatic N) is 2. The number of hydrogen-bond acceptors (Lipinski definition) is 3. The molecular weight excluding hydrogens is 244 g/mol. The van der Waals surface area contributed by atoms with Crippen molar-refractivity contribution in [2.75, 3.05) is 17.7 Å². The van der Waals surface area contributed by atoms with Crippen LogP contribution in [0, 0.1) is 11.3 Å². The average molecular weight is 262 g/mol. The van der Waals surface area contributed by atoms with Crippen LogP contribution in [0.25, 0.3) is 0 Å². The van der Waals surface area contributed by atoms with E-state index < -0.39 is 0 Å². The molecule has 0 aliphatic carbocycles. The van der Waals surface area contributed by atoms with Crippen LogP contribution in [0.5, 0.6) is 0 Å². The molecule has 1 aromatic carbocycles. The molecule has 0 radical (unpaired) electrons. The van der Waals surface area contributed by atoms with Crippen molar-refractivity contribution in [3.8, 4) is 6.07 Å². The third-order valence-corrected chi connectivity index (χ3v) is 3.65. The Morgan fingerprint density at radius 3 is 2.56 bits per heavy atom. The molecule has 0 heterocycles. The Labute approximate surface area is 113 Å². The Kier molecular flexibility index (Phi) is 4.80. The molecule has 1 amide bonds. The van der Waals surface area contributed by atoms with Crippen molar-refractivity contribution in [1.82, 2.24) is 0 Å². The zero-order valence-corrected chi connectivity index (χ0v) is 12.0. The summed E-state index contributed by atoms with van der Waals surface area (Å²) in [6, 6.07) is 9.24. The fraction of sp³-hybridized carbons (Fsp3) is 0.429. The molecule has 0 aliphatic heterocycles. The number of rotatable bonds is 3. The zero-order chi connectivity index (χ0) is 13.8. The highest BCUT2D eigenvalue weighted by molar-refractivity contribution is 8.01. The molecule has 96 valence electrons. The molecule has 0 aliphatic rings. The number of para-hydroxylation sites is 1. The molecular formula is C14H18N2OS.